The van der Waals surface area contributed by atoms with E-state index in [9.17, 15) is 8.78 Å². The van der Waals surface area contributed by atoms with Gasteiger partial charge < -0.3 is 9.64 Å². The molecule has 0 bridgehead atoms. The van der Waals surface area contributed by atoms with Crippen molar-refractivity contribution in [1.82, 2.24) is 24.7 Å². The first-order valence-electron chi connectivity index (χ1n) is 11.5. The minimum absolute atomic E-state index is 0.0462. The van der Waals surface area contributed by atoms with E-state index in [1.165, 1.54) is 25.0 Å². The van der Waals surface area contributed by atoms with E-state index in [0.717, 1.165) is 17.3 Å². The third-order valence-electron chi connectivity index (χ3n) is 6.32. The summed E-state index contributed by atoms with van der Waals surface area (Å²) in [5, 5.41) is 4.51. The van der Waals surface area contributed by atoms with Gasteiger partial charge in [0, 0.05) is 42.2 Å². The Balaban J connectivity index is 1.41. The van der Waals surface area contributed by atoms with Gasteiger partial charge in [-0.1, -0.05) is 0 Å². The molecule has 174 valence electrons. The van der Waals surface area contributed by atoms with Crippen molar-refractivity contribution in [2.45, 2.75) is 44.9 Å². The summed E-state index contributed by atoms with van der Waals surface area (Å²) in [6.07, 6.45) is 7.69. The number of morpholine rings is 1. The Bertz CT molecular complexity index is 1390. The molecule has 2 aliphatic rings. The maximum Gasteiger partial charge on any atom is 0.135 e. The van der Waals surface area contributed by atoms with Crippen LogP contribution in [0.2, 0.25) is 0 Å². The van der Waals surface area contributed by atoms with Gasteiger partial charge in [-0.25, -0.2) is 18.7 Å². The van der Waals surface area contributed by atoms with Crippen LogP contribution in [0.3, 0.4) is 0 Å². The Morgan fingerprint density at radius 1 is 1.06 bits per heavy atom. The van der Waals surface area contributed by atoms with Crippen molar-refractivity contribution in [3.05, 3.63) is 65.7 Å². The molecule has 4 aromatic rings. The molecule has 7 nitrogen and oxygen atoms in total. The molecule has 1 aromatic carbocycles. The molecule has 0 amide bonds. The van der Waals surface area contributed by atoms with Crippen molar-refractivity contribution >= 4 is 16.9 Å². The maximum absolute atomic E-state index is 14.8. The molecule has 1 saturated heterocycles. The summed E-state index contributed by atoms with van der Waals surface area (Å²) in [4.78, 5) is 16.0. The number of fused-ring (bicyclic) bond motifs is 1. The predicted octanol–water partition coefficient (Wildman–Crippen LogP) is 4.78. The van der Waals surface area contributed by atoms with Gasteiger partial charge >= 0.3 is 0 Å². The fraction of sp³-hybridized carbons (Fsp3) is 0.360. The Hall–Kier alpha value is -3.46. The number of hydrogen-bond acceptors (Lipinski definition) is 6. The number of rotatable bonds is 4. The predicted molar refractivity (Wildman–Crippen MR) is 123 cm³/mol. The third kappa shape index (κ3) is 3.90. The van der Waals surface area contributed by atoms with Gasteiger partial charge in [-0.2, -0.15) is 5.10 Å². The standard InChI is InChI=1S/C25H24F2N6O/c1-14-9-28-25-21(30-14)8-23(31-24(25)19-6-3-17(26)7-20(19)27)32-11-15(2)34-22(13-32)16-10-29-33(12-16)18-4-5-18/h3,6-10,12,15,18,22H,4-5,11,13H2,1-2H3/t15-,22+/m0/s1. The zero-order valence-corrected chi connectivity index (χ0v) is 18.9. The average Bonchev–Trinajstić information content (AvgIpc) is 3.54. The van der Waals surface area contributed by atoms with E-state index >= 15 is 0 Å². The number of pyridine rings is 1. The number of nitrogens with zero attached hydrogens (tertiary/aromatic N) is 6. The highest BCUT2D eigenvalue weighted by Crippen LogP contribution is 2.36. The van der Waals surface area contributed by atoms with Crippen LogP contribution in [-0.4, -0.2) is 43.9 Å². The lowest BCUT2D eigenvalue weighted by atomic mass is 10.1. The fourth-order valence-electron chi connectivity index (χ4n) is 4.51. The summed E-state index contributed by atoms with van der Waals surface area (Å²) in [6.45, 7) is 5.07. The molecule has 1 saturated carbocycles. The Morgan fingerprint density at radius 3 is 2.71 bits per heavy atom. The van der Waals surface area contributed by atoms with E-state index in [4.69, 9.17) is 9.72 Å². The first-order valence-corrected chi connectivity index (χ1v) is 11.5. The molecule has 1 aliphatic heterocycles. The minimum atomic E-state index is -0.686. The van der Waals surface area contributed by atoms with Gasteiger partial charge in [-0.15, -0.1) is 0 Å². The van der Waals surface area contributed by atoms with Crippen molar-refractivity contribution in [2.75, 3.05) is 18.0 Å². The molecule has 0 unspecified atom stereocenters. The lowest BCUT2D eigenvalue weighted by molar-refractivity contribution is -0.0176. The second-order valence-electron chi connectivity index (χ2n) is 9.16. The number of aromatic nitrogens is 5. The maximum atomic E-state index is 14.8. The summed E-state index contributed by atoms with van der Waals surface area (Å²) in [7, 11) is 0. The van der Waals surface area contributed by atoms with Crippen molar-refractivity contribution in [1.29, 1.82) is 0 Å². The van der Waals surface area contributed by atoms with Gasteiger partial charge in [0.25, 0.3) is 0 Å². The smallest absolute Gasteiger partial charge is 0.135 e. The van der Waals surface area contributed by atoms with E-state index in [-0.39, 0.29) is 17.8 Å². The lowest BCUT2D eigenvalue weighted by Crippen LogP contribution is -2.43. The minimum Gasteiger partial charge on any atom is -0.367 e. The molecule has 0 spiro atoms. The number of halogens is 2. The molecular weight excluding hydrogens is 438 g/mol. The molecule has 2 fully saturated rings. The van der Waals surface area contributed by atoms with Gasteiger partial charge in [0.15, 0.2) is 0 Å². The first-order chi connectivity index (χ1) is 16.4. The van der Waals surface area contributed by atoms with Gasteiger partial charge in [-0.3, -0.25) is 9.67 Å². The quantitative estimate of drug-likeness (QED) is 0.435. The third-order valence-corrected chi connectivity index (χ3v) is 6.32. The van der Waals surface area contributed by atoms with Crippen LogP contribution in [0.15, 0.2) is 42.9 Å². The summed E-state index contributed by atoms with van der Waals surface area (Å²) >= 11 is 0. The highest BCUT2D eigenvalue weighted by Gasteiger charge is 2.31. The van der Waals surface area contributed by atoms with Crippen LogP contribution in [0.4, 0.5) is 14.6 Å². The molecule has 0 radical (unpaired) electrons. The Labute approximate surface area is 195 Å². The van der Waals surface area contributed by atoms with Crippen LogP contribution in [0.1, 0.15) is 43.2 Å². The van der Waals surface area contributed by atoms with E-state index in [1.54, 1.807) is 6.20 Å². The molecule has 9 heteroatoms. The zero-order chi connectivity index (χ0) is 23.4. The van der Waals surface area contributed by atoms with Crippen LogP contribution in [-0.2, 0) is 4.74 Å². The topological polar surface area (TPSA) is 69.0 Å². The molecule has 0 N–H and O–H groups in total. The van der Waals surface area contributed by atoms with Crippen LogP contribution in [0, 0.1) is 18.6 Å². The number of benzene rings is 1. The molecule has 4 heterocycles. The second-order valence-corrected chi connectivity index (χ2v) is 9.16. The van der Waals surface area contributed by atoms with Gasteiger partial charge in [0.05, 0.1) is 36.1 Å². The van der Waals surface area contributed by atoms with Gasteiger partial charge in [0.2, 0.25) is 0 Å². The van der Waals surface area contributed by atoms with Gasteiger partial charge in [0.1, 0.15) is 34.8 Å². The van der Waals surface area contributed by atoms with Crippen molar-refractivity contribution in [3.63, 3.8) is 0 Å². The molecular formula is C25H24F2N6O. The normalized spacial score (nSPS) is 20.8. The van der Waals surface area contributed by atoms with E-state index in [2.05, 4.69) is 26.2 Å². The molecule has 2 atom stereocenters. The number of aryl methyl sites for hydroxylation is 1. The Kier molecular flexibility index (Phi) is 5.02. The monoisotopic (exact) mass is 462 g/mol. The van der Waals surface area contributed by atoms with Crippen molar-refractivity contribution in [2.24, 2.45) is 0 Å². The molecule has 6 rings (SSSR count). The summed E-state index contributed by atoms with van der Waals surface area (Å²) in [5.74, 6) is -0.671. The number of anilines is 1. The fourth-order valence-corrected chi connectivity index (χ4v) is 4.51. The largest absolute Gasteiger partial charge is 0.367 e. The SMILES string of the molecule is Cc1cnc2c(-c3ccc(F)cc3F)nc(N3C[C@H](C)O[C@@H](c4cnn(C5CC5)c4)C3)cc2n1. The molecule has 34 heavy (non-hydrogen) atoms. The van der Waals surface area contributed by atoms with E-state index < -0.39 is 11.6 Å². The summed E-state index contributed by atoms with van der Waals surface area (Å²) in [6, 6.07) is 5.87. The zero-order valence-electron chi connectivity index (χ0n) is 18.9. The van der Waals surface area contributed by atoms with Crippen LogP contribution < -0.4 is 4.90 Å². The van der Waals surface area contributed by atoms with Crippen molar-refractivity contribution in [3.8, 4) is 11.3 Å². The van der Waals surface area contributed by atoms with Gasteiger partial charge in [-0.05, 0) is 38.8 Å². The van der Waals surface area contributed by atoms with Crippen LogP contribution in [0.25, 0.3) is 22.3 Å². The van der Waals surface area contributed by atoms with Crippen molar-refractivity contribution < 1.29 is 13.5 Å². The van der Waals surface area contributed by atoms with E-state index in [0.29, 0.717) is 41.7 Å². The van der Waals surface area contributed by atoms with Crippen LogP contribution in [0.5, 0.6) is 0 Å². The Morgan fingerprint density at radius 2 is 1.91 bits per heavy atom. The molecule has 1 aliphatic carbocycles. The second kappa shape index (κ2) is 8.09. The summed E-state index contributed by atoms with van der Waals surface area (Å²) in [5.41, 5.74) is 3.40. The van der Waals surface area contributed by atoms with Crippen LogP contribution >= 0.6 is 0 Å². The highest BCUT2D eigenvalue weighted by molar-refractivity contribution is 5.91. The number of hydrogen-bond donors (Lipinski definition) is 0. The average molecular weight is 463 g/mol. The first kappa shape index (κ1) is 21.1. The lowest BCUT2D eigenvalue weighted by Gasteiger charge is -2.37. The van der Waals surface area contributed by atoms with E-state index in [1.807, 2.05) is 30.8 Å². The summed E-state index contributed by atoms with van der Waals surface area (Å²) < 4.78 is 36.6. The highest BCUT2D eigenvalue weighted by atomic mass is 19.1. The number of ether oxygens (including phenoxy) is 1. The molecule has 3 aromatic heterocycles.